The van der Waals surface area contributed by atoms with Gasteiger partial charge < -0.3 is 73.5 Å². The van der Waals surface area contributed by atoms with Crippen LogP contribution in [0.4, 0.5) is 17.1 Å². The van der Waals surface area contributed by atoms with E-state index in [0.29, 0.717) is 194 Å². The van der Waals surface area contributed by atoms with Crippen molar-refractivity contribution >= 4 is 103 Å². The van der Waals surface area contributed by atoms with E-state index in [9.17, 15) is 14.4 Å². The van der Waals surface area contributed by atoms with E-state index < -0.39 is 0 Å². The molecule has 0 bridgehead atoms. The molecule has 0 fully saturated rings. The number of aromatic nitrogens is 6. The van der Waals surface area contributed by atoms with Gasteiger partial charge in [0.05, 0.1) is 108 Å². The largest absolute Gasteiger partial charge is 0.490 e. The molecule has 24 heteroatoms. The van der Waals surface area contributed by atoms with Gasteiger partial charge in [0.1, 0.15) is 17.5 Å². The van der Waals surface area contributed by atoms with Gasteiger partial charge in [-0.2, -0.15) is 0 Å². The minimum Gasteiger partial charge on any atom is -0.490 e. The number of para-hydroxylation sites is 6. The van der Waals surface area contributed by atoms with E-state index in [1.807, 2.05) is 135 Å². The maximum atomic E-state index is 13.2. The highest BCUT2D eigenvalue weighted by Gasteiger charge is 2.24. The number of nitrogens with zero attached hydrogens (tertiary/aromatic N) is 3. The van der Waals surface area contributed by atoms with E-state index in [1.54, 1.807) is 91.0 Å². The molecule has 0 unspecified atom stereocenters. The van der Waals surface area contributed by atoms with Crippen LogP contribution >= 0.6 is 34.8 Å². The second kappa shape index (κ2) is 35.3. The Bertz CT molecular complexity index is 4260. The summed E-state index contributed by atoms with van der Waals surface area (Å²) < 4.78 is 51.5. The quantitative estimate of drug-likeness (QED) is 0.0280. The highest BCUT2D eigenvalue weighted by atomic mass is 35.5. The Morgan fingerprint density at radius 3 is 0.755 bits per heavy atom. The van der Waals surface area contributed by atoms with Crippen molar-refractivity contribution in [3.8, 4) is 85.9 Å². The normalized spacial score (nSPS) is 10.8. The molecular formula is C78H78Cl3N9O12. The summed E-state index contributed by atoms with van der Waals surface area (Å²) in [5.74, 6) is 5.14. The molecule has 3 aromatic heterocycles. The van der Waals surface area contributed by atoms with Crippen molar-refractivity contribution in [3.05, 3.63) is 196 Å². The number of carbonyl (C=O) groups is 3. The van der Waals surface area contributed by atoms with Crippen molar-refractivity contribution < 1.29 is 57.0 Å². The molecular weight excluding hydrogens is 1360 g/mol. The van der Waals surface area contributed by atoms with Crippen LogP contribution in [0.25, 0.3) is 67.3 Å². The molecule has 0 spiro atoms. The van der Waals surface area contributed by atoms with Crippen LogP contribution in [-0.4, -0.2) is 107 Å². The monoisotopic (exact) mass is 1440 g/mol. The number of fused-ring (bicyclic) bond motifs is 3. The van der Waals surface area contributed by atoms with E-state index in [1.165, 1.54) is 0 Å². The number of anilines is 3. The Morgan fingerprint density at radius 2 is 0.539 bits per heavy atom. The zero-order valence-electron chi connectivity index (χ0n) is 57.8. The molecule has 21 nitrogen and oxygen atoms in total. The van der Waals surface area contributed by atoms with Crippen molar-refractivity contribution in [2.75, 3.05) is 75.4 Å². The zero-order chi connectivity index (χ0) is 72.2. The number of amides is 3. The van der Waals surface area contributed by atoms with Crippen LogP contribution in [0.1, 0.15) is 93.4 Å². The predicted octanol–water partition coefficient (Wildman–Crippen LogP) is 19.0. The van der Waals surface area contributed by atoms with Crippen LogP contribution in [0.3, 0.4) is 0 Å². The Balaban J connectivity index is 0.000000165. The highest BCUT2D eigenvalue weighted by Crippen LogP contribution is 2.43. The van der Waals surface area contributed by atoms with Gasteiger partial charge in [0, 0.05) is 50.4 Å². The van der Waals surface area contributed by atoms with Gasteiger partial charge >= 0.3 is 0 Å². The molecule has 102 heavy (non-hydrogen) atoms. The van der Waals surface area contributed by atoms with Gasteiger partial charge in [0.2, 0.25) is 17.2 Å². The summed E-state index contributed by atoms with van der Waals surface area (Å²) in [6.07, 6.45) is 0. The Morgan fingerprint density at radius 1 is 0.314 bits per heavy atom. The standard InChI is InChI=1S/3C26H26ClN3O4/c3*1-4-32-22-13-16(14-23(33-5-2)24(22)34-6-3)26(31)28-17-11-12-19(27)18(15-17)25-29-20-9-7-8-10-21(20)30-25/h3*7-15H,4-6H2,1-3H3,(H,28,31)(H,29,30). The topological polar surface area (TPSA) is 256 Å². The van der Waals surface area contributed by atoms with Gasteiger partial charge in [-0.25, -0.2) is 15.0 Å². The predicted molar refractivity (Wildman–Crippen MR) is 403 cm³/mol. The first kappa shape index (κ1) is 73.6. The summed E-state index contributed by atoms with van der Waals surface area (Å²) in [6.45, 7) is 20.8. The number of H-pyrrole nitrogens is 3. The summed E-state index contributed by atoms with van der Waals surface area (Å²) in [6, 6.07) is 48.9. The molecule has 528 valence electrons. The van der Waals surface area contributed by atoms with Gasteiger partial charge in [-0.3, -0.25) is 14.4 Å². The average molecular weight is 1440 g/mol. The molecule has 6 N–H and O–H groups in total. The molecule has 0 radical (unpaired) electrons. The maximum Gasteiger partial charge on any atom is 0.255 e. The number of imidazole rings is 3. The van der Waals surface area contributed by atoms with Gasteiger partial charge in [0.25, 0.3) is 17.7 Å². The number of rotatable bonds is 27. The van der Waals surface area contributed by atoms with Crippen LogP contribution < -0.4 is 58.6 Å². The van der Waals surface area contributed by atoms with E-state index in [-0.39, 0.29) is 17.7 Å². The van der Waals surface area contributed by atoms with Crippen LogP contribution in [0.2, 0.25) is 15.1 Å². The SMILES string of the molecule is CCOc1cc(C(=O)Nc2ccc(Cl)c(-c3nc4ccccc4[nH]3)c2)cc(OCC)c1OCC.CCOc1cc(C(=O)Nc2ccc(Cl)c(-c3nc4ccccc4[nH]3)c2)cc(OCC)c1OCC.CCOc1cc(C(=O)Nc2ccc(Cl)c(-c3nc4ccccc4[nH]3)c2)cc(OCC)c1OCC. The van der Waals surface area contributed by atoms with Crippen LogP contribution in [0.15, 0.2) is 164 Å². The van der Waals surface area contributed by atoms with E-state index in [2.05, 4.69) is 45.9 Å². The molecule has 0 atom stereocenters. The lowest BCUT2D eigenvalue weighted by Crippen LogP contribution is -2.13. The van der Waals surface area contributed by atoms with Gasteiger partial charge in [0.15, 0.2) is 34.5 Å². The molecule has 0 saturated heterocycles. The lowest BCUT2D eigenvalue weighted by molar-refractivity contribution is 0.101. The summed E-state index contributed by atoms with van der Waals surface area (Å²) >= 11 is 19.4. The average Bonchev–Trinajstić information content (AvgIpc) is 1.52. The molecule has 9 aromatic carbocycles. The molecule has 0 saturated carbocycles. The van der Waals surface area contributed by atoms with E-state index in [0.717, 1.165) is 33.1 Å². The number of ether oxygens (including phenoxy) is 9. The first-order chi connectivity index (χ1) is 49.6. The summed E-state index contributed by atoms with van der Waals surface area (Å²) in [7, 11) is 0. The van der Waals surface area contributed by atoms with Crippen LogP contribution in [-0.2, 0) is 0 Å². The fourth-order valence-corrected chi connectivity index (χ4v) is 11.4. The number of hydrogen-bond donors (Lipinski definition) is 6. The number of halogens is 3. The molecule has 3 amide bonds. The minimum atomic E-state index is -0.317. The van der Waals surface area contributed by atoms with Crippen molar-refractivity contribution in [1.82, 2.24) is 29.9 Å². The first-order valence-electron chi connectivity index (χ1n) is 33.5. The Hall–Kier alpha value is -11.1. The molecule has 12 rings (SSSR count). The summed E-state index contributed by atoms with van der Waals surface area (Å²) in [5.41, 5.74) is 10.2. The Kier molecular flexibility index (Phi) is 25.4. The van der Waals surface area contributed by atoms with Gasteiger partial charge in [-0.15, -0.1) is 0 Å². The van der Waals surface area contributed by atoms with Crippen molar-refractivity contribution in [1.29, 1.82) is 0 Å². The van der Waals surface area contributed by atoms with Crippen molar-refractivity contribution in [3.63, 3.8) is 0 Å². The third-order valence-electron chi connectivity index (χ3n) is 15.1. The van der Waals surface area contributed by atoms with E-state index >= 15 is 0 Å². The maximum absolute atomic E-state index is 13.2. The molecule has 0 aliphatic carbocycles. The second-order valence-corrected chi connectivity index (χ2v) is 23.3. The molecule has 12 aromatic rings. The lowest BCUT2D eigenvalue weighted by atomic mass is 10.1. The van der Waals surface area contributed by atoms with Crippen molar-refractivity contribution in [2.45, 2.75) is 62.3 Å². The zero-order valence-corrected chi connectivity index (χ0v) is 60.1. The van der Waals surface area contributed by atoms with Crippen LogP contribution in [0.5, 0.6) is 51.7 Å². The number of nitrogens with one attached hydrogen (secondary N) is 6. The van der Waals surface area contributed by atoms with Crippen molar-refractivity contribution in [2.24, 2.45) is 0 Å². The minimum absolute atomic E-state index is 0.317. The number of aromatic amines is 3. The summed E-state index contributed by atoms with van der Waals surface area (Å²) in [5, 5.41) is 10.4. The third-order valence-corrected chi connectivity index (χ3v) is 16.1. The highest BCUT2D eigenvalue weighted by molar-refractivity contribution is 6.34. The van der Waals surface area contributed by atoms with Crippen LogP contribution in [0, 0.1) is 0 Å². The smallest absolute Gasteiger partial charge is 0.255 e. The fourth-order valence-electron chi connectivity index (χ4n) is 10.8. The first-order valence-corrected chi connectivity index (χ1v) is 34.6. The number of carbonyl (C=O) groups excluding carboxylic acids is 3. The molecule has 0 aliphatic rings. The second-order valence-electron chi connectivity index (χ2n) is 22.1. The molecule has 3 heterocycles. The fraction of sp³-hybridized carbons (Fsp3) is 0.231. The van der Waals surface area contributed by atoms with Gasteiger partial charge in [-0.05, 0) is 190 Å². The number of benzene rings is 9. The van der Waals surface area contributed by atoms with E-state index in [4.69, 9.17) is 77.4 Å². The Labute approximate surface area is 605 Å². The lowest BCUT2D eigenvalue weighted by Gasteiger charge is -2.17. The third kappa shape index (κ3) is 17.9. The molecule has 0 aliphatic heterocycles. The number of hydrogen-bond acceptors (Lipinski definition) is 15. The summed E-state index contributed by atoms with van der Waals surface area (Å²) in [4.78, 5) is 63.1. The van der Waals surface area contributed by atoms with Gasteiger partial charge in [-0.1, -0.05) is 71.2 Å².